The predicted octanol–water partition coefficient (Wildman–Crippen LogP) is 5.22. The summed E-state index contributed by atoms with van der Waals surface area (Å²) in [4.78, 5) is 19.6. The van der Waals surface area contributed by atoms with Gasteiger partial charge in [-0.25, -0.2) is 4.98 Å². The molecule has 1 aliphatic rings. The van der Waals surface area contributed by atoms with Gasteiger partial charge in [0.05, 0.1) is 19.7 Å². The Balaban J connectivity index is 1.50. The largest absolute Gasteiger partial charge is 0.496 e. The van der Waals surface area contributed by atoms with E-state index in [2.05, 4.69) is 4.98 Å². The van der Waals surface area contributed by atoms with Crippen LogP contribution in [-0.2, 0) is 17.6 Å². The van der Waals surface area contributed by atoms with Crippen LogP contribution in [0.2, 0.25) is 5.02 Å². The van der Waals surface area contributed by atoms with Crippen molar-refractivity contribution in [1.82, 2.24) is 9.88 Å². The molecule has 1 aromatic heterocycles. The van der Waals surface area contributed by atoms with Crippen LogP contribution in [0.25, 0.3) is 0 Å². The Labute approximate surface area is 181 Å². The third-order valence-corrected chi connectivity index (χ3v) is 5.72. The molecule has 1 unspecified atom stereocenters. The molecule has 1 saturated heterocycles. The van der Waals surface area contributed by atoms with Crippen molar-refractivity contribution in [3.05, 3.63) is 82.5 Å². The summed E-state index contributed by atoms with van der Waals surface area (Å²) in [5.74, 6) is 2.19. The van der Waals surface area contributed by atoms with E-state index in [0.29, 0.717) is 30.3 Å². The van der Waals surface area contributed by atoms with Crippen molar-refractivity contribution in [3.8, 4) is 5.75 Å². The fourth-order valence-electron chi connectivity index (χ4n) is 4.01. The topological polar surface area (TPSA) is 55.6 Å². The van der Waals surface area contributed by atoms with Crippen LogP contribution in [0.15, 0.2) is 59.1 Å². The van der Waals surface area contributed by atoms with Crippen LogP contribution in [-0.4, -0.2) is 29.4 Å². The number of halogens is 1. The number of hydrogen-bond donors (Lipinski definition) is 0. The smallest absolute Gasteiger partial charge is 0.227 e. The van der Waals surface area contributed by atoms with Crippen LogP contribution in [0.3, 0.4) is 0 Å². The number of para-hydroxylation sites is 1. The lowest BCUT2D eigenvalue weighted by Gasteiger charge is -2.34. The molecule has 1 atom stereocenters. The Bertz CT molecular complexity index is 1020. The molecule has 1 aliphatic heterocycles. The number of likely N-dealkylation sites (tertiary alicyclic amines) is 1. The van der Waals surface area contributed by atoms with Crippen LogP contribution < -0.4 is 4.74 Å². The number of methoxy groups -OCH3 is 1. The van der Waals surface area contributed by atoms with Gasteiger partial charge in [0.25, 0.3) is 0 Å². The van der Waals surface area contributed by atoms with Gasteiger partial charge in [-0.1, -0.05) is 41.9 Å². The fourth-order valence-corrected chi connectivity index (χ4v) is 4.22. The number of carbonyl (C=O) groups excluding carboxylic acids is 1. The van der Waals surface area contributed by atoms with E-state index in [0.717, 1.165) is 41.9 Å². The number of oxazole rings is 1. The average molecular weight is 425 g/mol. The highest BCUT2D eigenvalue weighted by Gasteiger charge is 2.31. The number of nitrogens with zero attached hydrogens (tertiary/aromatic N) is 2. The van der Waals surface area contributed by atoms with E-state index >= 15 is 0 Å². The monoisotopic (exact) mass is 424 g/mol. The molecule has 4 rings (SSSR count). The summed E-state index contributed by atoms with van der Waals surface area (Å²) in [5, 5.41) is 0.702. The van der Waals surface area contributed by atoms with E-state index < -0.39 is 0 Å². The molecule has 2 heterocycles. The lowest BCUT2D eigenvalue weighted by molar-refractivity contribution is -0.135. The van der Waals surface area contributed by atoms with Gasteiger partial charge in [0.1, 0.15) is 17.6 Å². The lowest BCUT2D eigenvalue weighted by atomic mass is 10.0. The zero-order valence-corrected chi connectivity index (χ0v) is 17.8. The molecule has 0 aliphatic carbocycles. The Morgan fingerprint density at radius 1 is 1.23 bits per heavy atom. The summed E-state index contributed by atoms with van der Waals surface area (Å²) >= 11 is 6.08. The molecule has 0 N–H and O–H groups in total. The normalized spacial score (nSPS) is 16.5. The highest BCUT2D eigenvalue weighted by molar-refractivity contribution is 6.30. The Morgan fingerprint density at radius 2 is 2.10 bits per heavy atom. The van der Waals surface area contributed by atoms with Crippen LogP contribution in [0.4, 0.5) is 0 Å². The van der Waals surface area contributed by atoms with Crippen LogP contribution in [0, 0.1) is 0 Å². The number of carbonyl (C=O) groups is 1. The van der Waals surface area contributed by atoms with Crippen molar-refractivity contribution in [2.45, 2.75) is 38.1 Å². The van der Waals surface area contributed by atoms with Crippen molar-refractivity contribution in [2.24, 2.45) is 0 Å². The van der Waals surface area contributed by atoms with Crippen molar-refractivity contribution in [1.29, 1.82) is 0 Å². The van der Waals surface area contributed by atoms with Gasteiger partial charge >= 0.3 is 0 Å². The maximum Gasteiger partial charge on any atom is 0.227 e. The van der Waals surface area contributed by atoms with Crippen molar-refractivity contribution < 1.29 is 13.9 Å². The molecule has 5 nitrogen and oxygen atoms in total. The minimum absolute atomic E-state index is 0.0683. The van der Waals surface area contributed by atoms with Gasteiger partial charge in [0.2, 0.25) is 11.8 Å². The molecule has 0 radical (unpaired) electrons. The Morgan fingerprint density at radius 3 is 2.93 bits per heavy atom. The predicted molar refractivity (Wildman–Crippen MR) is 116 cm³/mol. The van der Waals surface area contributed by atoms with Crippen molar-refractivity contribution in [2.75, 3.05) is 13.7 Å². The number of aromatic nitrogens is 1. The molecule has 156 valence electrons. The first kappa shape index (κ1) is 20.5. The van der Waals surface area contributed by atoms with Crippen LogP contribution >= 0.6 is 11.6 Å². The van der Waals surface area contributed by atoms with Gasteiger partial charge in [-0.15, -0.1) is 0 Å². The van der Waals surface area contributed by atoms with E-state index in [1.807, 2.05) is 53.4 Å². The lowest BCUT2D eigenvalue weighted by Crippen LogP contribution is -2.39. The Kier molecular flexibility index (Phi) is 6.38. The number of benzene rings is 2. The molecule has 3 aromatic rings. The standard InChI is InChI=1S/C24H25ClN2O3/c1-29-22-11-3-2-8-18(22)15-23(28)27-12-5-4-10-21(27)24-26-16-20(30-24)14-17-7-6-9-19(25)13-17/h2-3,6-9,11,13,16,21H,4-5,10,12,14-15H2,1H3. The molecule has 2 aromatic carbocycles. The third kappa shape index (κ3) is 4.68. The van der Waals surface area contributed by atoms with E-state index in [1.54, 1.807) is 13.3 Å². The van der Waals surface area contributed by atoms with E-state index in [9.17, 15) is 4.79 Å². The quantitative estimate of drug-likeness (QED) is 0.544. The molecule has 30 heavy (non-hydrogen) atoms. The van der Waals surface area contributed by atoms with Crippen LogP contribution in [0.5, 0.6) is 5.75 Å². The molecule has 6 heteroatoms. The second-order valence-electron chi connectivity index (χ2n) is 7.56. The molecular weight excluding hydrogens is 400 g/mol. The molecule has 0 spiro atoms. The summed E-state index contributed by atoms with van der Waals surface area (Å²) in [5.41, 5.74) is 1.96. The van der Waals surface area contributed by atoms with Gasteiger partial charge < -0.3 is 14.1 Å². The first-order valence-corrected chi connectivity index (χ1v) is 10.6. The van der Waals surface area contributed by atoms with E-state index in [1.165, 1.54) is 0 Å². The first-order chi connectivity index (χ1) is 14.6. The minimum Gasteiger partial charge on any atom is -0.496 e. The zero-order chi connectivity index (χ0) is 20.9. The minimum atomic E-state index is -0.130. The fraction of sp³-hybridized carbons (Fsp3) is 0.333. The van der Waals surface area contributed by atoms with Crippen molar-refractivity contribution in [3.63, 3.8) is 0 Å². The maximum absolute atomic E-state index is 13.1. The number of piperidine rings is 1. The van der Waals surface area contributed by atoms with Gasteiger partial charge in [0.15, 0.2) is 0 Å². The van der Waals surface area contributed by atoms with Gasteiger partial charge in [-0.3, -0.25) is 4.79 Å². The van der Waals surface area contributed by atoms with Crippen molar-refractivity contribution >= 4 is 17.5 Å². The first-order valence-electron chi connectivity index (χ1n) is 10.2. The summed E-state index contributed by atoms with van der Waals surface area (Å²) in [7, 11) is 1.63. The van der Waals surface area contributed by atoms with E-state index in [-0.39, 0.29) is 11.9 Å². The van der Waals surface area contributed by atoms with Gasteiger partial charge in [0, 0.05) is 23.6 Å². The number of hydrogen-bond acceptors (Lipinski definition) is 4. The highest BCUT2D eigenvalue weighted by Crippen LogP contribution is 2.32. The summed E-state index contributed by atoms with van der Waals surface area (Å²) in [6.07, 6.45) is 5.58. The number of ether oxygens (including phenoxy) is 1. The molecular formula is C24H25ClN2O3. The molecule has 1 fully saturated rings. The maximum atomic E-state index is 13.1. The average Bonchev–Trinajstić information content (AvgIpc) is 3.22. The number of amides is 1. The Hall–Kier alpha value is -2.79. The molecule has 0 bridgehead atoms. The van der Waals surface area contributed by atoms with Gasteiger partial charge in [-0.2, -0.15) is 0 Å². The molecule has 1 amide bonds. The molecule has 0 saturated carbocycles. The van der Waals surface area contributed by atoms with Crippen LogP contribution in [0.1, 0.15) is 48.1 Å². The van der Waals surface area contributed by atoms with E-state index in [4.69, 9.17) is 20.8 Å². The summed E-state index contributed by atoms with van der Waals surface area (Å²) < 4.78 is 11.5. The SMILES string of the molecule is COc1ccccc1CC(=O)N1CCCCC1c1ncc(Cc2cccc(Cl)c2)o1. The second kappa shape index (κ2) is 9.35. The summed E-state index contributed by atoms with van der Waals surface area (Å²) in [6, 6.07) is 15.2. The van der Waals surface area contributed by atoms with Gasteiger partial charge in [-0.05, 0) is 43.0 Å². The summed E-state index contributed by atoms with van der Waals surface area (Å²) in [6.45, 7) is 0.713. The zero-order valence-electron chi connectivity index (χ0n) is 17.0. The second-order valence-corrected chi connectivity index (χ2v) is 8.00. The highest BCUT2D eigenvalue weighted by atomic mass is 35.5. The third-order valence-electron chi connectivity index (χ3n) is 5.48. The number of rotatable bonds is 6.